The van der Waals surface area contributed by atoms with E-state index in [9.17, 15) is 0 Å². The third-order valence-electron chi connectivity index (χ3n) is 1.68. The van der Waals surface area contributed by atoms with Crippen LogP contribution in [0.15, 0.2) is 36.5 Å². The lowest BCUT2D eigenvalue weighted by molar-refractivity contribution is 1.09. The molecule has 0 bridgehead atoms. The fourth-order valence-electron chi connectivity index (χ4n) is 1.08. The molecule has 0 aliphatic heterocycles. The number of hydrogen-bond donors (Lipinski definition) is 0. The predicted molar refractivity (Wildman–Crippen MR) is 76.1 cm³/mol. The molecule has 0 fully saturated rings. The fraction of sp³-hybridized carbons (Fsp3) is 0. The van der Waals surface area contributed by atoms with Gasteiger partial charge >= 0.3 is 0 Å². The zero-order valence-corrected chi connectivity index (χ0v) is 13.9. The van der Waals surface area contributed by atoms with E-state index in [0.717, 1.165) is 8.95 Å². The third-order valence-corrected chi connectivity index (χ3v) is 3.53. The van der Waals surface area contributed by atoms with Crippen LogP contribution in [0.2, 0.25) is 0 Å². The first-order valence-electron chi connectivity index (χ1n) is 4.08. The maximum atomic E-state index is 4.27. The minimum Gasteiger partial charge on any atom is -0.251 e. The Balaban J connectivity index is 2.58. The minimum absolute atomic E-state index is 0.556. The van der Waals surface area contributed by atoms with Crippen molar-refractivity contribution < 1.29 is 0 Å². The zero-order chi connectivity index (χ0) is 11.7. The third kappa shape index (κ3) is 2.88. The van der Waals surface area contributed by atoms with Gasteiger partial charge in [0.15, 0.2) is 5.82 Å². The summed E-state index contributed by atoms with van der Waals surface area (Å²) in [6.07, 6.45) is 1.71. The number of aromatic nitrogens is 3. The van der Waals surface area contributed by atoms with Crippen LogP contribution in [-0.4, -0.2) is 15.0 Å². The highest BCUT2D eigenvalue weighted by molar-refractivity contribution is 9.11. The van der Waals surface area contributed by atoms with Gasteiger partial charge in [0.1, 0.15) is 14.9 Å². The van der Waals surface area contributed by atoms with Crippen LogP contribution in [0.5, 0.6) is 0 Å². The number of nitrogens with zero attached hydrogens (tertiary/aromatic N) is 3. The predicted octanol–water partition coefficient (Wildman–Crippen LogP) is 4.59. The lowest BCUT2D eigenvalue weighted by atomic mass is 10.3. The molecule has 7 heteroatoms. The summed E-state index contributed by atoms with van der Waals surface area (Å²) in [6, 6.07) is 3.68. The van der Waals surface area contributed by atoms with Crippen LogP contribution in [-0.2, 0) is 0 Å². The van der Waals surface area contributed by atoms with E-state index < -0.39 is 0 Å². The van der Waals surface area contributed by atoms with Crippen LogP contribution in [0.3, 0.4) is 0 Å². The quantitative estimate of drug-likeness (QED) is 0.570. The maximum absolute atomic E-state index is 4.27. The average Bonchev–Trinajstić information content (AvgIpc) is 2.15. The fourth-order valence-corrected chi connectivity index (χ4v) is 3.32. The molecular weight excluding hydrogens is 470 g/mol. The minimum atomic E-state index is 0.556. The van der Waals surface area contributed by atoms with Gasteiger partial charge in [-0.2, -0.15) is 0 Å². The molecule has 82 valence electrons. The maximum Gasteiger partial charge on any atom is 0.181 e. The second-order valence-electron chi connectivity index (χ2n) is 2.82. The van der Waals surface area contributed by atoms with Crippen LogP contribution >= 0.6 is 63.7 Å². The van der Waals surface area contributed by atoms with Crippen LogP contribution in [0.4, 0.5) is 0 Å². The van der Waals surface area contributed by atoms with E-state index in [0.29, 0.717) is 20.7 Å². The number of hydrogen-bond acceptors (Lipinski definition) is 3. The highest BCUT2D eigenvalue weighted by atomic mass is 79.9. The number of rotatable bonds is 1. The SMILES string of the molecule is Brc1cnc(-c2nc(Br)cc(Br)n2)c(Br)c1. The molecule has 0 amide bonds. The van der Waals surface area contributed by atoms with Gasteiger partial charge in [0.2, 0.25) is 0 Å². The highest BCUT2D eigenvalue weighted by Crippen LogP contribution is 2.27. The molecule has 2 heterocycles. The Morgan fingerprint density at radius 1 is 0.875 bits per heavy atom. The van der Waals surface area contributed by atoms with Gasteiger partial charge in [0.25, 0.3) is 0 Å². The molecule has 0 aromatic carbocycles. The standard InChI is InChI=1S/C9H3Br4N3/c10-4-1-5(11)8(14-3-4)9-15-6(12)2-7(13)16-9/h1-3H. The number of halogens is 4. The Hall–Kier alpha value is 0.150. The van der Waals surface area contributed by atoms with E-state index in [-0.39, 0.29) is 0 Å². The van der Waals surface area contributed by atoms with Crippen LogP contribution in [0.25, 0.3) is 11.5 Å². The topological polar surface area (TPSA) is 38.7 Å². The van der Waals surface area contributed by atoms with Gasteiger partial charge in [-0.15, -0.1) is 0 Å². The van der Waals surface area contributed by atoms with Crippen molar-refractivity contribution in [2.45, 2.75) is 0 Å². The van der Waals surface area contributed by atoms with Gasteiger partial charge in [-0.1, -0.05) is 0 Å². The first-order valence-corrected chi connectivity index (χ1v) is 7.25. The molecule has 2 aromatic rings. The summed E-state index contributed by atoms with van der Waals surface area (Å²) in [5.74, 6) is 0.556. The molecule has 0 saturated carbocycles. The first-order chi connectivity index (χ1) is 7.56. The van der Waals surface area contributed by atoms with E-state index in [1.807, 2.05) is 6.07 Å². The largest absolute Gasteiger partial charge is 0.251 e. The first kappa shape index (κ1) is 12.6. The Labute approximate surface area is 126 Å². The van der Waals surface area contributed by atoms with E-state index in [1.165, 1.54) is 0 Å². The normalized spacial score (nSPS) is 10.5. The Bertz CT molecular complexity index is 524. The summed E-state index contributed by atoms with van der Waals surface area (Å²) in [4.78, 5) is 12.8. The smallest absolute Gasteiger partial charge is 0.181 e. The van der Waals surface area contributed by atoms with E-state index >= 15 is 0 Å². The second kappa shape index (κ2) is 5.20. The van der Waals surface area contributed by atoms with Gasteiger partial charge < -0.3 is 0 Å². The van der Waals surface area contributed by atoms with Crippen molar-refractivity contribution in [3.63, 3.8) is 0 Å². The summed E-state index contributed by atoms with van der Waals surface area (Å²) >= 11 is 13.4. The summed E-state index contributed by atoms with van der Waals surface area (Å²) < 4.78 is 3.16. The lowest BCUT2D eigenvalue weighted by Gasteiger charge is -2.03. The summed E-state index contributed by atoms with van der Waals surface area (Å²) in [7, 11) is 0. The average molecular weight is 473 g/mol. The second-order valence-corrected chi connectivity index (χ2v) is 6.22. The van der Waals surface area contributed by atoms with Crippen LogP contribution in [0, 0.1) is 0 Å². The van der Waals surface area contributed by atoms with Crippen LogP contribution in [0.1, 0.15) is 0 Å². The molecule has 0 radical (unpaired) electrons. The van der Waals surface area contributed by atoms with Crippen molar-refractivity contribution in [2.24, 2.45) is 0 Å². The van der Waals surface area contributed by atoms with E-state index in [1.54, 1.807) is 12.3 Å². The molecular formula is C9H3Br4N3. The van der Waals surface area contributed by atoms with Gasteiger partial charge in [-0.3, -0.25) is 4.98 Å². The van der Waals surface area contributed by atoms with Crippen molar-refractivity contribution in [1.29, 1.82) is 0 Å². The van der Waals surface area contributed by atoms with Gasteiger partial charge in [0.05, 0.1) is 0 Å². The van der Waals surface area contributed by atoms with Gasteiger partial charge in [-0.25, -0.2) is 9.97 Å². The molecule has 3 nitrogen and oxygen atoms in total. The Kier molecular flexibility index (Phi) is 4.10. The van der Waals surface area contributed by atoms with E-state index in [4.69, 9.17) is 0 Å². The molecule has 0 N–H and O–H groups in total. The van der Waals surface area contributed by atoms with Crippen molar-refractivity contribution in [2.75, 3.05) is 0 Å². The molecule has 0 spiro atoms. The molecule has 2 rings (SSSR count). The Morgan fingerprint density at radius 2 is 1.50 bits per heavy atom. The molecule has 16 heavy (non-hydrogen) atoms. The van der Waals surface area contributed by atoms with Crippen LogP contribution < -0.4 is 0 Å². The Morgan fingerprint density at radius 3 is 2.06 bits per heavy atom. The summed E-state index contributed by atoms with van der Waals surface area (Å²) in [6.45, 7) is 0. The summed E-state index contributed by atoms with van der Waals surface area (Å²) in [5.41, 5.74) is 0.699. The highest BCUT2D eigenvalue weighted by Gasteiger charge is 2.10. The zero-order valence-electron chi connectivity index (χ0n) is 7.59. The van der Waals surface area contributed by atoms with E-state index in [2.05, 4.69) is 78.7 Å². The lowest BCUT2D eigenvalue weighted by Crippen LogP contribution is -1.94. The van der Waals surface area contributed by atoms with Gasteiger partial charge in [0, 0.05) is 21.2 Å². The van der Waals surface area contributed by atoms with Crippen molar-refractivity contribution in [3.05, 3.63) is 36.5 Å². The monoisotopic (exact) mass is 469 g/mol. The summed E-state index contributed by atoms with van der Waals surface area (Å²) in [5, 5.41) is 0. The number of pyridine rings is 1. The molecule has 0 unspecified atom stereocenters. The van der Waals surface area contributed by atoms with Crippen molar-refractivity contribution in [3.8, 4) is 11.5 Å². The molecule has 0 aliphatic carbocycles. The molecule has 0 atom stereocenters. The molecule has 0 saturated heterocycles. The van der Waals surface area contributed by atoms with Gasteiger partial charge in [-0.05, 0) is 69.8 Å². The molecule has 0 aliphatic rings. The van der Waals surface area contributed by atoms with Crippen molar-refractivity contribution >= 4 is 63.7 Å². The molecule has 2 aromatic heterocycles. The van der Waals surface area contributed by atoms with Crippen molar-refractivity contribution in [1.82, 2.24) is 15.0 Å².